The molecule has 3 rings (SSSR count). The second-order valence-electron chi connectivity index (χ2n) is 6.38. The van der Waals surface area contributed by atoms with Crippen molar-refractivity contribution in [2.45, 2.75) is 6.10 Å². The minimum absolute atomic E-state index is 0.0649. The molecule has 1 aliphatic heterocycles. The average Bonchev–Trinajstić information content (AvgIpc) is 2.67. The smallest absolute Gasteiger partial charge is 0.253 e. The minimum atomic E-state index is -0.592. The van der Waals surface area contributed by atoms with Gasteiger partial charge in [0.15, 0.2) is 0 Å². The predicted octanol–water partition coefficient (Wildman–Crippen LogP) is 2.54. The van der Waals surface area contributed by atoms with E-state index in [2.05, 4.69) is 4.90 Å². The molecule has 1 aliphatic rings. The Morgan fingerprint density at radius 2 is 1.81 bits per heavy atom. The summed E-state index contributed by atoms with van der Waals surface area (Å²) in [6.45, 7) is 3.54. The van der Waals surface area contributed by atoms with Crippen LogP contribution in [0.2, 0.25) is 5.02 Å². The standard InChI is InChI=1S/C20H23ClN2O3/c21-17-7-4-8-19(13-17)26-15-18(24)14-22-9-11-23(12-10-22)20(25)16-5-2-1-3-6-16/h1-8,13,18,24H,9-12,14-15H2/t18-/m0/s1. The van der Waals surface area contributed by atoms with E-state index in [4.69, 9.17) is 16.3 Å². The van der Waals surface area contributed by atoms with Gasteiger partial charge in [0.25, 0.3) is 5.91 Å². The van der Waals surface area contributed by atoms with Gasteiger partial charge in [-0.25, -0.2) is 0 Å². The number of hydrogen-bond donors (Lipinski definition) is 1. The van der Waals surface area contributed by atoms with Gasteiger partial charge < -0.3 is 14.7 Å². The van der Waals surface area contributed by atoms with E-state index >= 15 is 0 Å². The maximum atomic E-state index is 12.4. The van der Waals surface area contributed by atoms with Gasteiger partial charge in [0.2, 0.25) is 0 Å². The largest absolute Gasteiger partial charge is 0.491 e. The number of amides is 1. The molecular weight excluding hydrogens is 352 g/mol. The normalized spacial score (nSPS) is 16.3. The van der Waals surface area contributed by atoms with Crippen LogP contribution in [-0.2, 0) is 0 Å². The number of β-amino-alcohol motifs (C(OH)–C–C–N with tert-alkyl or cyclic N) is 1. The first-order valence-corrected chi connectivity index (χ1v) is 9.13. The van der Waals surface area contributed by atoms with Crippen LogP contribution < -0.4 is 4.74 Å². The highest BCUT2D eigenvalue weighted by atomic mass is 35.5. The molecule has 6 heteroatoms. The summed E-state index contributed by atoms with van der Waals surface area (Å²) in [6.07, 6.45) is -0.592. The van der Waals surface area contributed by atoms with Crippen molar-refractivity contribution >= 4 is 17.5 Å². The maximum absolute atomic E-state index is 12.4. The molecule has 0 unspecified atom stereocenters. The number of aliphatic hydroxyl groups excluding tert-OH is 1. The van der Waals surface area contributed by atoms with Crippen LogP contribution in [0.3, 0.4) is 0 Å². The van der Waals surface area contributed by atoms with Crippen molar-refractivity contribution in [3.63, 3.8) is 0 Å². The van der Waals surface area contributed by atoms with Crippen LogP contribution in [0.1, 0.15) is 10.4 Å². The zero-order valence-corrected chi connectivity index (χ0v) is 15.3. The van der Waals surface area contributed by atoms with Crippen LogP contribution in [0.15, 0.2) is 54.6 Å². The van der Waals surface area contributed by atoms with Crippen LogP contribution in [-0.4, -0.2) is 66.2 Å². The van der Waals surface area contributed by atoms with Crippen molar-refractivity contribution in [3.8, 4) is 5.75 Å². The van der Waals surface area contributed by atoms with Crippen molar-refractivity contribution in [2.24, 2.45) is 0 Å². The molecule has 26 heavy (non-hydrogen) atoms. The Labute approximate surface area is 158 Å². The van der Waals surface area contributed by atoms with E-state index in [1.54, 1.807) is 12.1 Å². The third-order valence-corrected chi connectivity index (χ3v) is 4.62. The summed E-state index contributed by atoms with van der Waals surface area (Å²) in [5.41, 5.74) is 0.718. The first-order valence-electron chi connectivity index (χ1n) is 8.75. The Morgan fingerprint density at radius 3 is 2.50 bits per heavy atom. The molecule has 1 amide bonds. The highest BCUT2D eigenvalue weighted by molar-refractivity contribution is 6.30. The van der Waals surface area contributed by atoms with Gasteiger partial charge >= 0.3 is 0 Å². The van der Waals surface area contributed by atoms with Gasteiger partial charge in [0.1, 0.15) is 18.5 Å². The fraction of sp³-hybridized carbons (Fsp3) is 0.350. The topological polar surface area (TPSA) is 53.0 Å². The molecule has 0 bridgehead atoms. The zero-order valence-electron chi connectivity index (χ0n) is 14.6. The molecule has 1 N–H and O–H groups in total. The number of nitrogens with zero attached hydrogens (tertiary/aromatic N) is 2. The highest BCUT2D eigenvalue weighted by Crippen LogP contribution is 2.17. The van der Waals surface area contributed by atoms with Crippen molar-refractivity contribution in [3.05, 3.63) is 65.2 Å². The molecular formula is C20H23ClN2O3. The summed E-state index contributed by atoms with van der Waals surface area (Å²) < 4.78 is 5.58. The molecule has 0 aliphatic carbocycles. The first kappa shape index (κ1) is 18.7. The molecule has 5 nitrogen and oxygen atoms in total. The summed E-state index contributed by atoms with van der Waals surface area (Å²) in [6, 6.07) is 16.5. The molecule has 1 atom stereocenters. The third kappa shape index (κ3) is 5.21. The van der Waals surface area contributed by atoms with E-state index < -0.39 is 6.10 Å². The molecule has 0 spiro atoms. The zero-order chi connectivity index (χ0) is 18.4. The van der Waals surface area contributed by atoms with Crippen LogP contribution in [0.5, 0.6) is 5.75 Å². The number of ether oxygens (including phenoxy) is 1. The molecule has 0 saturated carbocycles. The maximum Gasteiger partial charge on any atom is 0.253 e. The van der Waals surface area contributed by atoms with Crippen LogP contribution in [0, 0.1) is 0 Å². The van der Waals surface area contributed by atoms with E-state index in [1.165, 1.54) is 0 Å². The van der Waals surface area contributed by atoms with Crippen molar-refractivity contribution < 1.29 is 14.6 Å². The van der Waals surface area contributed by atoms with Gasteiger partial charge in [-0.1, -0.05) is 35.9 Å². The van der Waals surface area contributed by atoms with Gasteiger partial charge in [-0.3, -0.25) is 9.69 Å². The molecule has 1 heterocycles. The Balaban J connectivity index is 1.41. The number of carbonyl (C=O) groups is 1. The fourth-order valence-corrected chi connectivity index (χ4v) is 3.18. The number of benzene rings is 2. The van der Waals surface area contributed by atoms with Gasteiger partial charge in [0.05, 0.1) is 0 Å². The minimum Gasteiger partial charge on any atom is -0.491 e. The van der Waals surface area contributed by atoms with Crippen molar-refractivity contribution in [2.75, 3.05) is 39.3 Å². The lowest BCUT2D eigenvalue weighted by molar-refractivity contribution is 0.0403. The van der Waals surface area contributed by atoms with E-state index in [0.29, 0.717) is 30.4 Å². The summed E-state index contributed by atoms with van der Waals surface area (Å²) in [5, 5.41) is 10.8. The summed E-state index contributed by atoms with van der Waals surface area (Å²) in [4.78, 5) is 16.5. The van der Waals surface area contributed by atoms with Crippen molar-refractivity contribution in [1.29, 1.82) is 0 Å². The van der Waals surface area contributed by atoms with Crippen LogP contribution in [0.4, 0.5) is 0 Å². The molecule has 2 aromatic rings. The number of piperazine rings is 1. The average molecular weight is 375 g/mol. The molecule has 2 aromatic carbocycles. The van der Waals surface area contributed by atoms with Gasteiger partial charge in [-0.2, -0.15) is 0 Å². The van der Waals surface area contributed by atoms with Gasteiger partial charge in [0, 0.05) is 43.3 Å². The Hall–Kier alpha value is -2.08. The number of aliphatic hydroxyl groups is 1. The number of carbonyl (C=O) groups excluding carboxylic acids is 1. The van der Waals surface area contributed by atoms with Crippen LogP contribution in [0.25, 0.3) is 0 Å². The molecule has 0 aromatic heterocycles. The third-order valence-electron chi connectivity index (χ3n) is 4.39. The fourth-order valence-electron chi connectivity index (χ4n) is 3.00. The lowest BCUT2D eigenvalue weighted by atomic mass is 10.2. The number of hydrogen-bond acceptors (Lipinski definition) is 4. The molecule has 138 valence electrons. The monoisotopic (exact) mass is 374 g/mol. The molecule has 1 fully saturated rings. The lowest BCUT2D eigenvalue weighted by Gasteiger charge is -2.35. The Morgan fingerprint density at radius 1 is 1.08 bits per heavy atom. The second-order valence-corrected chi connectivity index (χ2v) is 6.82. The van der Waals surface area contributed by atoms with Gasteiger partial charge in [-0.15, -0.1) is 0 Å². The lowest BCUT2D eigenvalue weighted by Crippen LogP contribution is -2.50. The van der Waals surface area contributed by atoms with E-state index in [9.17, 15) is 9.90 Å². The first-order chi connectivity index (χ1) is 12.6. The number of halogens is 1. The second kappa shape index (κ2) is 9.03. The highest BCUT2D eigenvalue weighted by Gasteiger charge is 2.23. The van der Waals surface area contributed by atoms with Gasteiger partial charge in [-0.05, 0) is 30.3 Å². The summed E-state index contributed by atoms with van der Waals surface area (Å²) in [5.74, 6) is 0.713. The predicted molar refractivity (Wildman–Crippen MR) is 102 cm³/mol. The summed E-state index contributed by atoms with van der Waals surface area (Å²) >= 11 is 5.92. The Kier molecular flexibility index (Phi) is 6.50. The molecule has 1 saturated heterocycles. The summed E-state index contributed by atoms with van der Waals surface area (Å²) in [7, 11) is 0. The molecule has 0 radical (unpaired) electrons. The van der Waals surface area contributed by atoms with E-state index in [-0.39, 0.29) is 12.5 Å². The van der Waals surface area contributed by atoms with E-state index in [1.807, 2.05) is 47.4 Å². The van der Waals surface area contributed by atoms with E-state index in [0.717, 1.165) is 18.7 Å². The SMILES string of the molecule is O=C(c1ccccc1)N1CCN(C[C@H](O)COc2cccc(Cl)c2)CC1. The van der Waals surface area contributed by atoms with Crippen molar-refractivity contribution in [1.82, 2.24) is 9.80 Å². The number of rotatable bonds is 6. The quantitative estimate of drug-likeness (QED) is 0.844. The Bertz CT molecular complexity index is 718. The van der Waals surface area contributed by atoms with Crippen LogP contribution >= 0.6 is 11.6 Å².